The fourth-order valence-corrected chi connectivity index (χ4v) is 3.01. The fraction of sp³-hybridized carbons (Fsp3) is 0.529. The maximum Gasteiger partial charge on any atom is 0.407 e. The van der Waals surface area contributed by atoms with E-state index in [1.165, 1.54) is 0 Å². The summed E-state index contributed by atoms with van der Waals surface area (Å²) in [6, 6.07) is 6.55. The van der Waals surface area contributed by atoms with Gasteiger partial charge in [0.2, 0.25) is 0 Å². The summed E-state index contributed by atoms with van der Waals surface area (Å²) >= 11 is 0. The summed E-state index contributed by atoms with van der Waals surface area (Å²) in [6.07, 6.45) is -1.67. The minimum atomic E-state index is -0.494. The Balaban J connectivity index is 1.56. The number of hydrogen-bond acceptors (Lipinski definition) is 6. The summed E-state index contributed by atoms with van der Waals surface area (Å²) in [5.41, 5.74) is 0.525. The van der Waals surface area contributed by atoms with Crippen LogP contribution in [0.1, 0.15) is 17.3 Å². The molecular formula is C17H22N2O6. The maximum absolute atomic E-state index is 12.4. The van der Waals surface area contributed by atoms with Gasteiger partial charge in [-0.15, -0.1) is 0 Å². The normalized spacial score (nSPS) is 27.4. The first kappa shape index (κ1) is 17.5. The monoisotopic (exact) mass is 350 g/mol. The zero-order chi connectivity index (χ0) is 17.8. The van der Waals surface area contributed by atoms with Gasteiger partial charge in [0.25, 0.3) is 5.91 Å². The number of hydrogen-bond donors (Lipinski definition) is 2. The third-order valence-corrected chi connectivity index (χ3v) is 4.26. The number of alkyl carbamates (subject to hydrolysis) is 1. The molecule has 4 unspecified atom stereocenters. The lowest BCUT2D eigenvalue weighted by molar-refractivity contribution is 0.00408. The summed E-state index contributed by atoms with van der Waals surface area (Å²) in [4.78, 5) is 23.9. The predicted molar refractivity (Wildman–Crippen MR) is 87.7 cm³/mol. The van der Waals surface area contributed by atoms with Gasteiger partial charge in [-0.3, -0.25) is 4.79 Å². The molecule has 2 fully saturated rings. The topological polar surface area (TPSA) is 95.1 Å². The molecule has 0 aromatic heterocycles. The highest BCUT2D eigenvalue weighted by Crippen LogP contribution is 2.29. The Morgan fingerprint density at radius 2 is 1.88 bits per heavy atom. The van der Waals surface area contributed by atoms with Crippen molar-refractivity contribution in [3.63, 3.8) is 0 Å². The molecule has 0 bridgehead atoms. The summed E-state index contributed by atoms with van der Waals surface area (Å²) in [6.45, 7) is 2.86. The van der Waals surface area contributed by atoms with Crippen molar-refractivity contribution in [3.8, 4) is 5.75 Å². The Morgan fingerprint density at radius 1 is 1.16 bits per heavy atom. The van der Waals surface area contributed by atoms with Crippen LogP contribution in [0.3, 0.4) is 0 Å². The Morgan fingerprint density at radius 3 is 2.56 bits per heavy atom. The third kappa shape index (κ3) is 3.85. The molecule has 2 aliphatic heterocycles. The van der Waals surface area contributed by atoms with E-state index < -0.39 is 12.2 Å². The molecule has 0 aliphatic carbocycles. The highest BCUT2D eigenvalue weighted by Gasteiger charge is 2.50. The lowest BCUT2D eigenvalue weighted by Crippen LogP contribution is -2.44. The van der Waals surface area contributed by atoms with Crippen LogP contribution in [-0.4, -0.2) is 63.2 Å². The molecule has 2 amide bonds. The Bertz CT molecular complexity index is 620. The Kier molecular flexibility index (Phi) is 5.40. The number of ether oxygens (including phenoxy) is 4. The van der Waals surface area contributed by atoms with Crippen LogP contribution in [0.15, 0.2) is 24.3 Å². The maximum atomic E-state index is 12.4. The van der Waals surface area contributed by atoms with Gasteiger partial charge >= 0.3 is 6.09 Å². The van der Waals surface area contributed by atoms with Crippen molar-refractivity contribution in [1.82, 2.24) is 10.6 Å². The van der Waals surface area contributed by atoms with E-state index in [-0.39, 0.29) is 30.8 Å². The molecule has 3 rings (SSSR count). The van der Waals surface area contributed by atoms with Gasteiger partial charge in [0.15, 0.2) is 6.10 Å². The molecule has 2 saturated heterocycles. The molecule has 2 aliphatic rings. The van der Waals surface area contributed by atoms with Crippen LogP contribution in [0, 0.1) is 0 Å². The lowest BCUT2D eigenvalue weighted by atomic mass is 10.1. The van der Waals surface area contributed by atoms with Crippen LogP contribution in [0.5, 0.6) is 5.75 Å². The van der Waals surface area contributed by atoms with E-state index >= 15 is 0 Å². The van der Waals surface area contributed by atoms with Gasteiger partial charge in [-0.25, -0.2) is 4.79 Å². The minimum Gasteiger partial charge on any atom is -0.497 e. The van der Waals surface area contributed by atoms with Gasteiger partial charge in [-0.2, -0.15) is 0 Å². The average molecular weight is 350 g/mol. The number of methoxy groups -OCH3 is 1. The van der Waals surface area contributed by atoms with E-state index in [9.17, 15) is 9.59 Å². The second-order valence-electron chi connectivity index (χ2n) is 5.88. The van der Waals surface area contributed by atoms with Crippen molar-refractivity contribution in [2.75, 3.05) is 26.9 Å². The highest BCUT2D eigenvalue weighted by molar-refractivity contribution is 5.94. The van der Waals surface area contributed by atoms with Gasteiger partial charge < -0.3 is 29.6 Å². The van der Waals surface area contributed by atoms with E-state index in [1.54, 1.807) is 31.4 Å². The van der Waals surface area contributed by atoms with E-state index in [2.05, 4.69) is 10.6 Å². The van der Waals surface area contributed by atoms with Gasteiger partial charge in [0, 0.05) is 12.1 Å². The molecule has 25 heavy (non-hydrogen) atoms. The van der Waals surface area contributed by atoms with Crippen LogP contribution in [-0.2, 0) is 14.2 Å². The van der Waals surface area contributed by atoms with Crippen LogP contribution in [0.4, 0.5) is 4.79 Å². The summed E-state index contributed by atoms with van der Waals surface area (Å²) in [5.74, 6) is 0.471. The van der Waals surface area contributed by atoms with E-state index in [4.69, 9.17) is 18.9 Å². The van der Waals surface area contributed by atoms with Crippen molar-refractivity contribution in [1.29, 1.82) is 0 Å². The molecular weight excluding hydrogens is 328 g/mol. The zero-order valence-electron chi connectivity index (χ0n) is 14.2. The quantitative estimate of drug-likeness (QED) is 0.812. The van der Waals surface area contributed by atoms with E-state index in [0.29, 0.717) is 24.5 Å². The van der Waals surface area contributed by atoms with Crippen molar-refractivity contribution >= 4 is 12.0 Å². The number of fused-ring (bicyclic) bond motifs is 1. The summed E-state index contributed by atoms with van der Waals surface area (Å²) in [7, 11) is 1.57. The predicted octanol–water partition coefficient (Wildman–Crippen LogP) is 0.706. The fourth-order valence-electron chi connectivity index (χ4n) is 3.01. The molecule has 0 saturated carbocycles. The van der Waals surface area contributed by atoms with E-state index in [1.807, 2.05) is 6.92 Å². The van der Waals surface area contributed by atoms with Crippen molar-refractivity contribution in [2.24, 2.45) is 0 Å². The summed E-state index contributed by atoms with van der Waals surface area (Å²) in [5, 5.41) is 5.49. The second-order valence-corrected chi connectivity index (χ2v) is 5.88. The van der Waals surface area contributed by atoms with Crippen LogP contribution >= 0.6 is 0 Å². The van der Waals surface area contributed by atoms with Gasteiger partial charge in [-0.05, 0) is 31.2 Å². The largest absolute Gasteiger partial charge is 0.497 e. The molecule has 4 atom stereocenters. The third-order valence-electron chi connectivity index (χ3n) is 4.26. The Labute approximate surface area is 145 Å². The average Bonchev–Trinajstić information content (AvgIpc) is 3.19. The van der Waals surface area contributed by atoms with Crippen LogP contribution in [0.25, 0.3) is 0 Å². The van der Waals surface area contributed by atoms with Crippen molar-refractivity contribution in [2.45, 2.75) is 31.3 Å². The van der Waals surface area contributed by atoms with Crippen molar-refractivity contribution in [3.05, 3.63) is 29.8 Å². The SMILES string of the molecule is CCNC(=O)OC1COC2C(NC(=O)c3ccc(OC)cc3)COC12. The standard InChI is InChI=1S/C17H22N2O6/c1-3-18-17(21)25-13-9-24-14-12(8-23-15(13)14)19-16(20)10-4-6-11(22-2)7-5-10/h4-7,12-15H,3,8-9H2,1-2H3,(H,18,21)(H,19,20). The van der Waals surface area contributed by atoms with Crippen LogP contribution in [0.2, 0.25) is 0 Å². The van der Waals surface area contributed by atoms with Gasteiger partial charge in [0.05, 0.1) is 26.4 Å². The van der Waals surface area contributed by atoms with Crippen molar-refractivity contribution < 1.29 is 28.5 Å². The number of carbonyl (C=O) groups excluding carboxylic acids is 2. The molecule has 8 nitrogen and oxygen atoms in total. The molecule has 136 valence electrons. The molecule has 2 N–H and O–H groups in total. The smallest absolute Gasteiger partial charge is 0.407 e. The molecule has 1 aromatic rings. The number of benzene rings is 1. The zero-order valence-corrected chi connectivity index (χ0v) is 14.2. The molecule has 0 spiro atoms. The highest BCUT2D eigenvalue weighted by atomic mass is 16.6. The first-order chi connectivity index (χ1) is 12.1. The first-order valence-electron chi connectivity index (χ1n) is 8.25. The number of nitrogens with one attached hydrogen (secondary N) is 2. The second kappa shape index (κ2) is 7.71. The van der Waals surface area contributed by atoms with Gasteiger partial charge in [0.1, 0.15) is 18.0 Å². The first-order valence-corrected chi connectivity index (χ1v) is 8.25. The summed E-state index contributed by atoms with van der Waals surface area (Å²) < 4.78 is 21.8. The van der Waals surface area contributed by atoms with Gasteiger partial charge in [-0.1, -0.05) is 0 Å². The molecule has 2 heterocycles. The van der Waals surface area contributed by atoms with E-state index in [0.717, 1.165) is 0 Å². The molecule has 0 radical (unpaired) electrons. The lowest BCUT2D eigenvalue weighted by Gasteiger charge is -2.18. The van der Waals surface area contributed by atoms with Crippen LogP contribution < -0.4 is 15.4 Å². The Hall–Kier alpha value is -2.32. The number of rotatable bonds is 5. The number of amides is 2. The molecule has 1 aromatic carbocycles. The number of carbonyl (C=O) groups is 2. The minimum absolute atomic E-state index is 0.214. The molecule has 8 heteroatoms.